The molecule has 0 aliphatic carbocycles. The van der Waals surface area contributed by atoms with E-state index in [9.17, 15) is 13.2 Å². The van der Waals surface area contributed by atoms with Gasteiger partial charge >= 0.3 is 6.18 Å². The zero-order chi connectivity index (χ0) is 10.1. The summed E-state index contributed by atoms with van der Waals surface area (Å²) in [7, 11) is 0.652. The van der Waals surface area contributed by atoms with Crippen LogP contribution in [-0.2, 0) is 8.92 Å². The molecule has 0 N–H and O–H groups in total. The molecule has 0 bridgehead atoms. The summed E-state index contributed by atoms with van der Waals surface area (Å²) >= 11 is 1.65. The van der Waals surface area contributed by atoms with E-state index in [-0.39, 0.29) is 18.9 Å². The fourth-order valence-electron chi connectivity index (χ4n) is 1.21. The molecule has 78 valence electrons. The third-order valence-electron chi connectivity index (χ3n) is 1.82. The first-order valence-electron chi connectivity index (χ1n) is 3.58. The summed E-state index contributed by atoms with van der Waals surface area (Å²) in [5.74, 6) is -2.51. The van der Waals surface area contributed by atoms with Crippen molar-refractivity contribution in [3.05, 3.63) is 0 Å². The molecule has 1 fully saturated rings. The Labute approximate surface area is 90.3 Å². The van der Waals surface area contributed by atoms with Crippen LogP contribution in [0.4, 0.5) is 13.2 Å². The highest BCUT2D eigenvalue weighted by molar-refractivity contribution is 14.2. The summed E-state index contributed by atoms with van der Waals surface area (Å²) in [5.41, 5.74) is 0. The molecule has 0 aromatic heterocycles. The Morgan fingerprint density at radius 2 is 2.23 bits per heavy atom. The Kier molecular flexibility index (Phi) is 3.75. The predicted molar refractivity (Wildman–Crippen MR) is 51.2 cm³/mol. The van der Waals surface area contributed by atoms with Crippen LogP contribution >= 0.6 is 30.4 Å². The summed E-state index contributed by atoms with van der Waals surface area (Å²) in [6, 6.07) is 0. The zero-order valence-electron chi connectivity index (χ0n) is 6.73. The van der Waals surface area contributed by atoms with E-state index in [4.69, 9.17) is 0 Å². The number of hydrogen-bond acceptors (Lipinski definition) is 3. The molecule has 0 amide bonds. The first-order valence-corrected chi connectivity index (χ1v) is 6.87. The molecule has 1 rings (SSSR count). The lowest BCUT2D eigenvalue weighted by molar-refractivity contribution is -0.331. The lowest BCUT2D eigenvalue weighted by Gasteiger charge is -2.28. The number of ether oxygens (including phenoxy) is 1. The largest absolute Gasteiger partial charge is 0.444 e. The van der Waals surface area contributed by atoms with Crippen LogP contribution in [0, 0.1) is 5.92 Å². The maximum Gasteiger partial charge on any atom is 0.444 e. The van der Waals surface area contributed by atoms with Crippen molar-refractivity contribution in [2.75, 3.05) is 6.61 Å². The van der Waals surface area contributed by atoms with E-state index in [0.717, 1.165) is 0 Å². The average Bonchev–Trinajstić information content (AvgIpc) is 2.32. The van der Waals surface area contributed by atoms with E-state index in [0.29, 0.717) is 9.21 Å². The first kappa shape index (κ1) is 11.9. The van der Waals surface area contributed by atoms with Gasteiger partial charge in [-0.1, -0.05) is 6.92 Å². The minimum absolute atomic E-state index is 0.0940. The van der Waals surface area contributed by atoms with Gasteiger partial charge in [0.2, 0.25) is 0 Å². The Bertz CT molecular complexity index is 185. The van der Waals surface area contributed by atoms with Gasteiger partial charge < -0.3 is 4.74 Å². The highest BCUT2D eigenvalue weighted by Crippen LogP contribution is 2.46. The van der Waals surface area contributed by atoms with Crippen molar-refractivity contribution in [3.63, 3.8) is 0 Å². The number of halogens is 4. The first-order chi connectivity index (χ1) is 5.91. The Morgan fingerprint density at radius 3 is 2.54 bits per heavy atom. The summed E-state index contributed by atoms with van der Waals surface area (Å²) in [5, 5.41) is 0. The average molecular weight is 328 g/mol. The summed E-state index contributed by atoms with van der Waals surface area (Å²) in [6.07, 6.45) is -4.59. The van der Waals surface area contributed by atoms with E-state index in [1.165, 1.54) is 0 Å². The molecule has 1 heterocycles. The molecule has 0 aromatic rings. The standard InChI is InChI=1S/C6H8F3IO2S/c1-4-2-5(11-3-4,12-13-10)6(7,8)9/h4H,2-3H2,1H3/t4?,5-/m1/s1. The Balaban J connectivity index is 2.77. The fraction of sp³-hybridized carbons (Fsp3) is 1.00. The van der Waals surface area contributed by atoms with E-state index >= 15 is 0 Å². The molecule has 0 spiro atoms. The van der Waals surface area contributed by atoms with Crippen LogP contribution in [-0.4, -0.2) is 18.6 Å². The van der Waals surface area contributed by atoms with Gasteiger partial charge in [0.15, 0.2) is 0 Å². The molecule has 0 aromatic carbocycles. The highest BCUT2D eigenvalue weighted by atomic mass is 127. The van der Waals surface area contributed by atoms with Crippen LogP contribution in [0.2, 0.25) is 0 Å². The molecule has 1 unspecified atom stereocenters. The summed E-state index contributed by atoms with van der Waals surface area (Å²) < 4.78 is 46.8. The van der Waals surface area contributed by atoms with Gasteiger partial charge in [-0.3, -0.25) is 4.18 Å². The molecule has 2 nitrogen and oxygen atoms in total. The third kappa shape index (κ3) is 2.42. The van der Waals surface area contributed by atoms with Crippen LogP contribution in [0.15, 0.2) is 0 Å². The number of hydrogen-bond donors (Lipinski definition) is 0. The molecule has 7 heteroatoms. The maximum atomic E-state index is 12.5. The number of rotatable bonds is 2. The molecule has 2 atom stereocenters. The van der Waals surface area contributed by atoms with E-state index in [2.05, 4.69) is 8.92 Å². The molecule has 1 saturated heterocycles. The van der Waals surface area contributed by atoms with Crippen LogP contribution in [0.3, 0.4) is 0 Å². The molecular weight excluding hydrogens is 320 g/mol. The second-order valence-electron chi connectivity index (χ2n) is 3.02. The molecular formula is C6H8F3IO2S. The number of alkyl halides is 3. The van der Waals surface area contributed by atoms with Gasteiger partial charge in [-0.2, -0.15) is 13.2 Å². The molecule has 0 radical (unpaired) electrons. The van der Waals surface area contributed by atoms with Crippen molar-refractivity contribution in [1.82, 2.24) is 0 Å². The minimum Gasteiger partial charge on any atom is -0.342 e. The van der Waals surface area contributed by atoms with Crippen LogP contribution in [0.25, 0.3) is 0 Å². The zero-order valence-corrected chi connectivity index (χ0v) is 9.70. The monoisotopic (exact) mass is 328 g/mol. The summed E-state index contributed by atoms with van der Waals surface area (Å²) in [6.45, 7) is 1.80. The third-order valence-corrected chi connectivity index (χ3v) is 2.69. The van der Waals surface area contributed by atoms with Crippen molar-refractivity contribution in [3.8, 4) is 0 Å². The lowest BCUT2D eigenvalue weighted by atomic mass is 10.1. The molecule has 1 aliphatic heterocycles. The van der Waals surface area contributed by atoms with Gasteiger partial charge in [-0.25, -0.2) is 0 Å². The fourth-order valence-corrected chi connectivity index (χ4v) is 2.39. The van der Waals surface area contributed by atoms with Crippen molar-refractivity contribution in [2.45, 2.75) is 25.3 Å². The van der Waals surface area contributed by atoms with Gasteiger partial charge in [0.1, 0.15) is 0 Å². The topological polar surface area (TPSA) is 18.5 Å². The van der Waals surface area contributed by atoms with Gasteiger partial charge in [0.25, 0.3) is 5.79 Å². The van der Waals surface area contributed by atoms with Gasteiger partial charge in [-0.15, -0.1) is 0 Å². The van der Waals surface area contributed by atoms with E-state index in [1.54, 1.807) is 28.1 Å². The Morgan fingerprint density at radius 1 is 1.62 bits per heavy atom. The predicted octanol–water partition coefficient (Wildman–Crippen LogP) is 3.32. The summed E-state index contributed by atoms with van der Waals surface area (Å²) in [4.78, 5) is 0. The maximum absolute atomic E-state index is 12.5. The SMILES string of the molecule is CC1CO[C@](OSI)(C(F)(F)F)C1. The van der Waals surface area contributed by atoms with Gasteiger partial charge in [0.05, 0.1) is 15.8 Å². The van der Waals surface area contributed by atoms with Crippen molar-refractivity contribution in [2.24, 2.45) is 5.92 Å². The van der Waals surface area contributed by atoms with E-state index in [1.807, 2.05) is 0 Å². The molecule has 13 heavy (non-hydrogen) atoms. The van der Waals surface area contributed by atoms with Crippen molar-refractivity contribution in [1.29, 1.82) is 0 Å². The molecule has 0 saturated carbocycles. The van der Waals surface area contributed by atoms with E-state index < -0.39 is 12.0 Å². The van der Waals surface area contributed by atoms with Crippen LogP contribution < -0.4 is 0 Å². The Hall–Kier alpha value is 0.790. The van der Waals surface area contributed by atoms with Gasteiger partial charge in [0, 0.05) is 27.6 Å². The van der Waals surface area contributed by atoms with Gasteiger partial charge in [-0.05, 0) is 5.92 Å². The van der Waals surface area contributed by atoms with Crippen molar-refractivity contribution < 1.29 is 22.1 Å². The van der Waals surface area contributed by atoms with Crippen molar-refractivity contribution >= 4 is 30.4 Å². The second kappa shape index (κ2) is 4.11. The minimum atomic E-state index is -4.46. The molecule has 1 aliphatic rings. The van der Waals surface area contributed by atoms with Crippen LogP contribution in [0.1, 0.15) is 13.3 Å². The normalized spacial score (nSPS) is 35.3. The highest BCUT2D eigenvalue weighted by Gasteiger charge is 2.61. The van der Waals surface area contributed by atoms with Crippen LogP contribution in [0.5, 0.6) is 0 Å². The second-order valence-corrected chi connectivity index (χ2v) is 4.39. The quantitative estimate of drug-likeness (QED) is 0.572. The lowest BCUT2D eigenvalue weighted by Crippen LogP contribution is -2.45. The smallest absolute Gasteiger partial charge is 0.342 e.